The third-order valence-electron chi connectivity index (χ3n) is 2.04. The number of halogens is 3. The van der Waals surface area contributed by atoms with Gasteiger partial charge in [-0.1, -0.05) is 6.07 Å². The van der Waals surface area contributed by atoms with Gasteiger partial charge in [0, 0.05) is 11.8 Å². The summed E-state index contributed by atoms with van der Waals surface area (Å²) in [7, 11) is 0. The first-order valence-electron chi connectivity index (χ1n) is 5.15. The Labute approximate surface area is 109 Å². The van der Waals surface area contributed by atoms with Crippen molar-refractivity contribution in [3.63, 3.8) is 0 Å². The normalized spacial score (nSPS) is 11.2. The number of carboxylic acids is 1. The third-order valence-corrected chi connectivity index (χ3v) is 2.04. The molecule has 0 aliphatic carbocycles. The minimum atomic E-state index is -4.79. The average Bonchev–Trinajstić information content (AvgIpc) is 2.75. The fraction of sp³-hybridized carbons (Fsp3) is 0.0909. The minimum Gasteiger partial charge on any atom is -0.476 e. The van der Waals surface area contributed by atoms with Crippen LogP contribution in [0.1, 0.15) is 10.5 Å². The molecule has 2 aromatic rings. The van der Waals surface area contributed by atoms with E-state index in [9.17, 15) is 18.0 Å². The number of oxazole rings is 1. The number of nitrogens with zero attached hydrogens (tertiary/aromatic N) is 1. The molecule has 0 amide bonds. The largest absolute Gasteiger partial charge is 0.573 e. The summed E-state index contributed by atoms with van der Waals surface area (Å²) >= 11 is 0. The lowest BCUT2D eigenvalue weighted by molar-refractivity contribution is -0.274. The molecular formula is C11H7F3N2O4. The van der Waals surface area contributed by atoms with E-state index in [1.807, 2.05) is 0 Å². The zero-order valence-electron chi connectivity index (χ0n) is 9.64. The third kappa shape index (κ3) is 3.64. The topological polar surface area (TPSA) is 84.6 Å². The standard InChI is InChI=1S/C11H7F3N2O4/c12-11(13,14)20-7-3-1-2-6(4-7)15-10-16-8(5-19-10)9(17)18/h1-5H,(H,15,16)(H,17,18). The first-order valence-corrected chi connectivity index (χ1v) is 5.15. The lowest BCUT2D eigenvalue weighted by Gasteiger charge is -2.09. The summed E-state index contributed by atoms with van der Waals surface area (Å²) < 4.78 is 44.7. The number of anilines is 2. The Kier molecular flexibility index (Phi) is 3.51. The number of hydrogen-bond acceptors (Lipinski definition) is 5. The average molecular weight is 288 g/mol. The molecule has 0 spiro atoms. The van der Waals surface area contributed by atoms with Gasteiger partial charge in [-0.05, 0) is 12.1 Å². The number of ether oxygens (including phenoxy) is 1. The zero-order chi connectivity index (χ0) is 14.8. The Morgan fingerprint density at radius 2 is 2.15 bits per heavy atom. The maximum atomic E-state index is 12.1. The summed E-state index contributed by atoms with van der Waals surface area (Å²) in [5, 5.41) is 11.2. The SMILES string of the molecule is O=C(O)c1coc(Nc2cccc(OC(F)(F)F)c2)n1. The lowest BCUT2D eigenvalue weighted by atomic mass is 10.3. The maximum absolute atomic E-state index is 12.1. The van der Waals surface area contributed by atoms with Crippen molar-refractivity contribution in [1.29, 1.82) is 0 Å². The molecule has 0 atom stereocenters. The monoisotopic (exact) mass is 288 g/mol. The molecule has 0 aliphatic rings. The van der Waals surface area contributed by atoms with Crippen LogP contribution in [0.3, 0.4) is 0 Å². The number of aromatic carboxylic acids is 1. The van der Waals surface area contributed by atoms with Gasteiger partial charge in [-0.25, -0.2) is 4.79 Å². The van der Waals surface area contributed by atoms with Gasteiger partial charge in [0.2, 0.25) is 0 Å². The van der Waals surface area contributed by atoms with E-state index in [0.717, 1.165) is 18.4 Å². The maximum Gasteiger partial charge on any atom is 0.573 e. The Morgan fingerprint density at radius 1 is 1.40 bits per heavy atom. The summed E-state index contributed by atoms with van der Waals surface area (Å²) in [5.74, 6) is -1.71. The first-order chi connectivity index (χ1) is 9.33. The van der Waals surface area contributed by atoms with Gasteiger partial charge in [-0.2, -0.15) is 4.98 Å². The van der Waals surface area contributed by atoms with Crippen molar-refractivity contribution in [1.82, 2.24) is 4.98 Å². The number of hydrogen-bond donors (Lipinski definition) is 2. The second-order valence-corrected chi connectivity index (χ2v) is 3.54. The fourth-order valence-electron chi connectivity index (χ4n) is 1.32. The Morgan fingerprint density at radius 3 is 2.75 bits per heavy atom. The van der Waals surface area contributed by atoms with Crippen LogP contribution in [-0.4, -0.2) is 22.4 Å². The summed E-state index contributed by atoms with van der Waals surface area (Å²) in [5.41, 5.74) is -0.124. The van der Waals surface area contributed by atoms with E-state index in [4.69, 9.17) is 9.52 Å². The summed E-state index contributed by atoms with van der Waals surface area (Å²) in [6, 6.07) is 4.79. The molecule has 106 valence electrons. The van der Waals surface area contributed by atoms with Crippen LogP contribution in [-0.2, 0) is 0 Å². The second-order valence-electron chi connectivity index (χ2n) is 3.54. The van der Waals surface area contributed by atoms with Crippen molar-refractivity contribution in [2.24, 2.45) is 0 Å². The second kappa shape index (κ2) is 5.11. The minimum absolute atomic E-state index is 0.161. The zero-order valence-corrected chi connectivity index (χ0v) is 9.64. The Bertz CT molecular complexity index is 624. The van der Waals surface area contributed by atoms with E-state index in [1.54, 1.807) is 0 Å². The fourth-order valence-corrected chi connectivity index (χ4v) is 1.32. The quantitative estimate of drug-likeness (QED) is 0.899. The van der Waals surface area contributed by atoms with Crippen LogP contribution in [0.2, 0.25) is 0 Å². The highest BCUT2D eigenvalue weighted by Crippen LogP contribution is 2.26. The van der Waals surface area contributed by atoms with Crippen molar-refractivity contribution in [3.05, 3.63) is 36.2 Å². The van der Waals surface area contributed by atoms with Crippen molar-refractivity contribution in [2.75, 3.05) is 5.32 Å². The summed E-state index contributed by atoms with van der Waals surface area (Å²) in [6.07, 6.45) is -3.89. The van der Waals surface area contributed by atoms with Gasteiger partial charge < -0.3 is 19.6 Å². The molecule has 0 radical (unpaired) electrons. The van der Waals surface area contributed by atoms with Crippen molar-refractivity contribution >= 4 is 17.7 Å². The molecule has 0 saturated heterocycles. The van der Waals surface area contributed by atoms with Crippen LogP contribution in [0.5, 0.6) is 5.75 Å². The van der Waals surface area contributed by atoms with Crippen molar-refractivity contribution in [2.45, 2.75) is 6.36 Å². The number of rotatable bonds is 4. The predicted molar refractivity (Wildman–Crippen MR) is 59.9 cm³/mol. The highest BCUT2D eigenvalue weighted by Gasteiger charge is 2.31. The van der Waals surface area contributed by atoms with Gasteiger partial charge in [0.05, 0.1) is 0 Å². The molecule has 0 saturated carbocycles. The molecule has 2 N–H and O–H groups in total. The highest BCUT2D eigenvalue weighted by atomic mass is 19.4. The smallest absolute Gasteiger partial charge is 0.476 e. The molecule has 2 rings (SSSR count). The van der Waals surface area contributed by atoms with E-state index in [-0.39, 0.29) is 17.4 Å². The van der Waals surface area contributed by atoms with Crippen molar-refractivity contribution in [3.8, 4) is 5.75 Å². The molecule has 1 aromatic carbocycles. The van der Waals surface area contributed by atoms with E-state index >= 15 is 0 Å². The lowest BCUT2D eigenvalue weighted by Crippen LogP contribution is -2.17. The number of alkyl halides is 3. The first kappa shape index (κ1) is 13.7. The van der Waals surface area contributed by atoms with Crippen LogP contribution >= 0.6 is 0 Å². The molecule has 1 aromatic heterocycles. The van der Waals surface area contributed by atoms with E-state index in [1.165, 1.54) is 12.1 Å². The molecule has 0 bridgehead atoms. The number of aromatic nitrogens is 1. The number of nitrogens with one attached hydrogen (secondary N) is 1. The van der Waals surface area contributed by atoms with Gasteiger partial charge in [-0.15, -0.1) is 13.2 Å². The highest BCUT2D eigenvalue weighted by molar-refractivity contribution is 5.85. The number of carbonyl (C=O) groups is 1. The van der Waals surface area contributed by atoms with Crippen LogP contribution in [0.4, 0.5) is 24.9 Å². The number of benzene rings is 1. The van der Waals surface area contributed by atoms with Crippen LogP contribution < -0.4 is 10.1 Å². The molecule has 1 heterocycles. The molecule has 20 heavy (non-hydrogen) atoms. The summed E-state index contributed by atoms with van der Waals surface area (Å²) in [6.45, 7) is 0. The van der Waals surface area contributed by atoms with Gasteiger partial charge in [0.1, 0.15) is 12.0 Å². The molecule has 0 fully saturated rings. The van der Waals surface area contributed by atoms with Crippen LogP contribution in [0, 0.1) is 0 Å². The van der Waals surface area contributed by atoms with Crippen LogP contribution in [0.15, 0.2) is 34.9 Å². The van der Waals surface area contributed by atoms with Gasteiger partial charge in [0.15, 0.2) is 5.69 Å². The van der Waals surface area contributed by atoms with E-state index in [2.05, 4.69) is 15.0 Å². The van der Waals surface area contributed by atoms with Gasteiger partial charge >= 0.3 is 12.3 Å². The Balaban J connectivity index is 2.13. The van der Waals surface area contributed by atoms with Crippen LogP contribution in [0.25, 0.3) is 0 Å². The number of carboxylic acid groups (broad SMARTS) is 1. The van der Waals surface area contributed by atoms with Gasteiger partial charge in [-0.3, -0.25) is 0 Å². The van der Waals surface area contributed by atoms with Crippen molar-refractivity contribution < 1.29 is 32.2 Å². The van der Waals surface area contributed by atoms with E-state index < -0.39 is 18.1 Å². The molecule has 0 aliphatic heterocycles. The van der Waals surface area contributed by atoms with E-state index in [0.29, 0.717) is 0 Å². The summed E-state index contributed by atoms with van der Waals surface area (Å²) in [4.78, 5) is 14.2. The molecule has 9 heteroatoms. The van der Waals surface area contributed by atoms with Gasteiger partial charge in [0.25, 0.3) is 6.01 Å². The predicted octanol–water partition coefficient (Wildman–Crippen LogP) is 3.02. The molecular weight excluding hydrogens is 281 g/mol. The Hall–Kier alpha value is -2.71. The molecule has 6 nitrogen and oxygen atoms in total. The molecule has 0 unspecified atom stereocenters.